The summed E-state index contributed by atoms with van der Waals surface area (Å²) in [6, 6.07) is 0. The molecule has 1 aliphatic carbocycles. The maximum absolute atomic E-state index is 15.1. The number of nitrogens with one attached hydrogen (secondary N) is 2. The number of carbonyl (C=O) groups excluding carboxylic acids is 2. The molecule has 0 radical (unpaired) electrons. The molecule has 1 aromatic carbocycles. The van der Waals surface area contributed by atoms with Crippen LogP contribution in [0.2, 0.25) is 5.02 Å². The maximum Gasteiger partial charge on any atom is 0.343 e. The van der Waals surface area contributed by atoms with Gasteiger partial charge >= 0.3 is 5.97 Å². The first-order chi connectivity index (χ1) is 15.4. The van der Waals surface area contributed by atoms with Gasteiger partial charge < -0.3 is 14.5 Å². The number of rotatable bonds is 5. The van der Waals surface area contributed by atoms with Gasteiger partial charge in [-0.1, -0.05) is 11.6 Å². The summed E-state index contributed by atoms with van der Waals surface area (Å²) in [6.45, 7) is 1.68. The Balaban J connectivity index is 1.58. The minimum absolute atomic E-state index is 0.0672. The first kappa shape index (κ1) is 20.3. The SMILES string of the molecule is CCOC(=O)c1c(F)c(Cl)c(-c2cn3cc(NC(=O)[C@@H]4C[C@@H]4F)nc3cn2)c2cn[nH]c12. The third-order valence-corrected chi connectivity index (χ3v) is 5.52. The number of imidazole rings is 1. The molecule has 1 amide bonds. The highest BCUT2D eigenvalue weighted by atomic mass is 35.5. The fourth-order valence-electron chi connectivity index (χ4n) is 3.50. The molecule has 0 spiro atoms. The van der Waals surface area contributed by atoms with Crippen LogP contribution < -0.4 is 5.32 Å². The average molecular weight is 461 g/mol. The molecule has 0 unspecified atom stereocenters. The Morgan fingerprint density at radius 3 is 2.88 bits per heavy atom. The number of hydrogen-bond acceptors (Lipinski definition) is 6. The lowest BCUT2D eigenvalue weighted by atomic mass is 10.0. The number of H-pyrrole nitrogens is 1. The van der Waals surface area contributed by atoms with Crippen molar-refractivity contribution in [3.63, 3.8) is 0 Å². The molecule has 3 heterocycles. The normalized spacial score (nSPS) is 17.6. The quantitative estimate of drug-likeness (QED) is 0.440. The van der Waals surface area contributed by atoms with Crippen molar-refractivity contribution in [1.82, 2.24) is 24.6 Å². The largest absolute Gasteiger partial charge is 0.462 e. The molecular formula is C20H15ClF2N6O3. The second-order valence-electron chi connectivity index (χ2n) is 7.27. The molecule has 0 aliphatic heterocycles. The molecule has 32 heavy (non-hydrogen) atoms. The van der Waals surface area contributed by atoms with Crippen LogP contribution in [-0.2, 0) is 9.53 Å². The molecule has 0 saturated heterocycles. The summed E-state index contributed by atoms with van der Waals surface area (Å²) in [5.41, 5.74) is 0.698. The van der Waals surface area contributed by atoms with Crippen molar-refractivity contribution in [2.45, 2.75) is 19.5 Å². The van der Waals surface area contributed by atoms with E-state index >= 15 is 4.39 Å². The van der Waals surface area contributed by atoms with E-state index in [-0.39, 0.29) is 46.2 Å². The number of hydrogen-bond donors (Lipinski definition) is 2. The van der Waals surface area contributed by atoms with Gasteiger partial charge in [0.15, 0.2) is 17.3 Å². The minimum Gasteiger partial charge on any atom is -0.462 e. The number of nitrogens with zero attached hydrogens (tertiary/aromatic N) is 4. The van der Waals surface area contributed by atoms with Crippen molar-refractivity contribution in [2.24, 2.45) is 5.92 Å². The van der Waals surface area contributed by atoms with Gasteiger partial charge in [0.2, 0.25) is 5.91 Å². The van der Waals surface area contributed by atoms with Crippen LogP contribution in [0.5, 0.6) is 0 Å². The van der Waals surface area contributed by atoms with Crippen LogP contribution in [0.4, 0.5) is 14.6 Å². The highest BCUT2D eigenvalue weighted by molar-refractivity contribution is 6.36. The number of carbonyl (C=O) groups is 2. The zero-order valence-electron chi connectivity index (χ0n) is 16.5. The van der Waals surface area contributed by atoms with E-state index in [1.165, 1.54) is 18.6 Å². The fourth-order valence-corrected chi connectivity index (χ4v) is 3.79. The highest BCUT2D eigenvalue weighted by Gasteiger charge is 2.43. The van der Waals surface area contributed by atoms with Gasteiger partial charge in [0.1, 0.15) is 11.7 Å². The van der Waals surface area contributed by atoms with E-state index < -0.39 is 29.8 Å². The molecule has 2 N–H and O–H groups in total. The number of benzene rings is 1. The second-order valence-corrected chi connectivity index (χ2v) is 7.65. The van der Waals surface area contributed by atoms with Crippen molar-refractivity contribution in [3.05, 3.63) is 41.2 Å². The minimum atomic E-state index is -1.12. The Hall–Kier alpha value is -3.60. The van der Waals surface area contributed by atoms with Crippen LogP contribution >= 0.6 is 11.6 Å². The Morgan fingerprint density at radius 2 is 2.16 bits per heavy atom. The molecular weight excluding hydrogens is 446 g/mol. The summed E-state index contributed by atoms with van der Waals surface area (Å²) in [5, 5.41) is 9.16. The number of amides is 1. The van der Waals surface area contributed by atoms with E-state index in [0.717, 1.165) is 0 Å². The number of aromatic amines is 1. The number of halogens is 3. The summed E-state index contributed by atoms with van der Waals surface area (Å²) in [7, 11) is 0. The van der Waals surface area contributed by atoms with E-state index in [9.17, 15) is 14.0 Å². The first-order valence-electron chi connectivity index (χ1n) is 9.70. The summed E-state index contributed by atoms with van der Waals surface area (Å²) < 4.78 is 34.7. The number of aromatic nitrogens is 5. The average Bonchev–Trinajstić information content (AvgIpc) is 3.12. The third kappa shape index (κ3) is 3.25. The molecule has 4 aromatic rings. The molecule has 9 nitrogen and oxygen atoms in total. The highest BCUT2D eigenvalue weighted by Crippen LogP contribution is 2.39. The van der Waals surface area contributed by atoms with Crippen molar-refractivity contribution in [2.75, 3.05) is 11.9 Å². The molecule has 0 bridgehead atoms. The Labute approximate surface area is 183 Å². The van der Waals surface area contributed by atoms with Crippen LogP contribution in [0.25, 0.3) is 27.8 Å². The zero-order chi connectivity index (χ0) is 22.6. The van der Waals surface area contributed by atoms with Crippen molar-refractivity contribution < 1.29 is 23.1 Å². The van der Waals surface area contributed by atoms with Gasteiger partial charge in [-0.15, -0.1) is 0 Å². The van der Waals surface area contributed by atoms with Crippen molar-refractivity contribution in [3.8, 4) is 11.3 Å². The predicted octanol–water partition coefficient (Wildman–Crippen LogP) is 3.54. The fraction of sp³-hybridized carbons (Fsp3) is 0.250. The third-order valence-electron chi connectivity index (χ3n) is 5.17. The monoisotopic (exact) mass is 460 g/mol. The molecule has 2 atom stereocenters. The van der Waals surface area contributed by atoms with Crippen molar-refractivity contribution >= 4 is 45.8 Å². The van der Waals surface area contributed by atoms with Gasteiger partial charge in [0.25, 0.3) is 0 Å². The van der Waals surface area contributed by atoms with Gasteiger partial charge in [-0.3, -0.25) is 14.9 Å². The van der Waals surface area contributed by atoms with Gasteiger partial charge in [-0.25, -0.2) is 18.6 Å². The Morgan fingerprint density at radius 1 is 1.38 bits per heavy atom. The van der Waals surface area contributed by atoms with Crippen LogP contribution in [0.3, 0.4) is 0 Å². The summed E-state index contributed by atoms with van der Waals surface area (Å²) in [6.07, 6.45) is 4.99. The van der Waals surface area contributed by atoms with Crippen molar-refractivity contribution in [1.29, 1.82) is 0 Å². The number of fused-ring (bicyclic) bond motifs is 2. The zero-order valence-corrected chi connectivity index (χ0v) is 17.3. The van der Waals surface area contributed by atoms with E-state index in [4.69, 9.17) is 16.3 Å². The molecule has 1 aliphatic rings. The Kier molecular flexibility index (Phi) is 4.77. The standard InChI is InChI=1S/C20H15ClF2N6O3/c1-2-32-20(31)15-17(23)16(21)14(9-4-25-28-18(9)15)11-6-29-7-12(26-13(29)5-24-11)27-19(30)8-3-10(8)22/h4-8,10H,2-3H2,1H3,(H,25,28)(H,27,30)/t8-,10+/m1/s1. The number of anilines is 1. The first-order valence-corrected chi connectivity index (χ1v) is 10.1. The lowest BCUT2D eigenvalue weighted by molar-refractivity contribution is -0.117. The van der Waals surface area contributed by atoms with E-state index in [0.29, 0.717) is 11.0 Å². The van der Waals surface area contributed by atoms with Gasteiger partial charge in [0, 0.05) is 17.1 Å². The summed E-state index contributed by atoms with van der Waals surface area (Å²) in [5.74, 6) is -2.67. The smallest absolute Gasteiger partial charge is 0.343 e. The lowest BCUT2D eigenvalue weighted by Crippen LogP contribution is -2.15. The van der Waals surface area contributed by atoms with Crippen LogP contribution in [0.15, 0.2) is 24.8 Å². The maximum atomic E-state index is 15.1. The summed E-state index contributed by atoms with van der Waals surface area (Å²) >= 11 is 6.31. The van der Waals surface area contributed by atoms with Gasteiger partial charge in [0.05, 0.1) is 47.3 Å². The van der Waals surface area contributed by atoms with Gasteiger partial charge in [-0.2, -0.15) is 5.10 Å². The number of ether oxygens (including phenoxy) is 1. The topological polar surface area (TPSA) is 114 Å². The molecule has 3 aromatic heterocycles. The van der Waals surface area contributed by atoms with E-state index in [1.807, 2.05) is 0 Å². The molecule has 164 valence electrons. The molecule has 1 saturated carbocycles. The molecule has 5 rings (SSSR count). The van der Waals surface area contributed by atoms with E-state index in [2.05, 4.69) is 25.5 Å². The van der Waals surface area contributed by atoms with Crippen LogP contribution in [-0.4, -0.2) is 49.2 Å². The predicted molar refractivity (Wildman–Crippen MR) is 111 cm³/mol. The molecule has 1 fully saturated rings. The number of alkyl halides is 1. The van der Waals surface area contributed by atoms with Crippen LogP contribution in [0.1, 0.15) is 23.7 Å². The van der Waals surface area contributed by atoms with Crippen LogP contribution in [0, 0.1) is 11.7 Å². The van der Waals surface area contributed by atoms with E-state index in [1.54, 1.807) is 17.5 Å². The lowest BCUT2D eigenvalue weighted by Gasteiger charge is -2.11. The second kappa shape index (κ2) is 7.52. The van der Waals surface area contributed by atoms with Gasteiger partial charge in [-0.05, 0) is 13.3 Å². The number of esters is 1. The summed E-state index contributed by atoms with van der Waals surface area (Å²) in [4.78, 5) is 32.8. The molecule has 12 heteroatoms. The Bertz CT molecular complexity index is 1400.